The van der Waals surface area contributed by atoms with Gasteiger partial charge in [0.25, 0.3) is 0 Å². The van der Waals surface area contributed by atoms with E-state index in [1.807, 2.05) is 0 Å². The summed E-state index contributed by atoms with van der Waals surface area (Å²) in [7, 11) is 0. The topological polar surface area (TPSA) is 21.3 Å². The van der Waals surface area contributed by atoms with Gasteiger partial charge >= 0.3 is 12.8 Å². The van der Waals surface area contributed by atoms with E-state index in [1.54, 1.807) is 6.92 Å². The molecule has 1 atom stereocenters. The number of alkyl halides is 5. The molecule has 1 rings (SSSR count). The van der Waals surface area contributed by atoms with Crippen molar-refractivity contribution in [3.8, 4) is 5.75 Å². The summed E-state index contributed by atoms with van der Waals surface area (Å²) in [6, 6.07) is 2.62. The van der Waals surface area contributed by atoms with Crippen LogP contribution in [0.15, 0.2) is 24.3 Å². The van der Waals surface area contributed by atoms with Gasteiger partial charge in [-0.15, -0.1) is 0 Å². The first kappa shape index (κ1) is 15.7. The summed E-state index contributed by atoms with van der Waals surface area (Å²) in [5.74, 6) is -0.171. The Morgan fingerprint density at radius 1 is 1.16 bits per heavy atom. The Labute approximate surface area is 107 Å². The van der Waals surface area contributed by atoms with E-state index in [0.29, 0.717) is 6.42 Å². The maximum atomic E-state index is 12.8. The van der Waals surface area contributed by atoms with Crippen molar-refractivity contribution in [1.82, 2.24) is 5.32 Å². The van der Waals surface area contributed by atoms with Gasteiger partial charge in [0.2, 0.25) is 0 Å². The minimum atomic E-state index is -4.44. The molecule has 2 nitrogen and oxygen atoms in total. The monoisotopic (exact) mass is 283 g/mol. The van der Waals surface area contributed by atoms with Crippen molar-refractivity contribution in [3.05, 3.63) is 29.8 Å². The van der Waals surface area contributed by atoms with E-state index in [0.717, 1.165) is 24.3 Å². The molecule has 1 aromatic carbocycles. The fourth-order valence-corrected chi connectivity index (χ4v) is 1.55. The van der Waals surface area contributed by atoms with Gasteiger partial charge in [-0.05, 0) is 30.7 Å². The maximum absolute atomic E-state index is 12.8. The smallest absolute Gasteiger partial charge is 0.407 e. The van der Waals surface area contributed by atoms with Crippen molar-refractivity contribution in [2.24, 2.45) is 0 Å². The van der Waals surface area contributed by atoms with Gasteiger partial charge < -0.3 is 10.1 Å². The number of rotatable bonds is 6. The molecule has 7 heteroatoms. The molecule has 0 heterocycles. The highest BCUT2D eigenvalue weighted by Crippen LogP contribution is 2.33. The number of benzene rings is 1. The summed E-state index contributed by atoms with van der Waals surface area (Å²) in [4.78, 5) is 0. The van der Waals surface area contributed by atoms with Gasteiger partial charge in [0, 0.05) is 0 Å². The lowest BCUT2D eigenvalue weighted by molar-refractivity contribution is -0.157. The fraction of sp³-hybridized carbons (Fsp3) is 0.500. The largest absolute Gasteiger partial charge is 0.435 e. The van der Waals surface area contributed by atoms with Crippen molar-refractivity contribution >= 4 is 0 Å². The molecule has 0 aliphatic heterocycles. The molecule has 0 bridgehead atoms. The van der Waals surface area contributed by atoms with Gasteiger partial charge in [0.15, 0.2) is 0 Å². The Hall–Kier alpha value is -1.37. The minimum absolute atomic E-state index is 0.0393. The van der Waals surface area contributed by atoms with Crippen LogP contribution in [0.4, 0.5) is 22.0 Å². The number of hydrogen-bond acceptors (Lipinski definition) is 2. The Kier molecular flexibility index (Phi) is 5.53. The number of hydrogen-bond donors (Lipinski definition) is 1. The average Bonchev–Trinajstić information content (AvgIpc) is 2.29. The Morgan fingerprint density at radius 2 is 1.74 bits per heavy atom. The van der Waals surface area contributed by atoms with Gasteiger partial charge in [-0.3, -0.25) is 0 Å². The van der Waals surface area contributed by atoms with Crippen LogP contribution in [0.5, 0.6) is 5.75 Å². The van der Waals surface area contributed by atoms with Crippen LogP contribution in [0, 0.1) is 0 Å². The van der Waals surface area contributed by atoms with E-state index in [2.05, 4.69) is 10.1 Å². The molecule has 0 spiro atoms. The Morgan fingerprint density at radius 3 is 2.16 bits per heavy atom. The minimum Gasteiger partial charge on any atom is -0.435 e. The Bertz CT molecular complexity index is 377. The van der Waals surface area contributed by atoms with Crippen LogP contribution < -0.4 is 10.1 Å². The van der Waals surface area contributed by atoms with Crippen LogP contribution in [-0.4, -0.2) is 19.3 Å². The lowest BCUT2D eigenvalue weighted by Crippen LogP contribution is -2.34. The summed E-state index contributed by atoms with van der Waals surface area (Å²) < 4.78 is 66.4. The summed E-state index contributed by atoms with van der Waals surface area (Å²) in [5, 5.41) is 2.37. The SMILES string of the molecule is CCCNC(c1ccc(OC(F)F)cc1)C(F)(F)F. The third-order valence-corrected chi connectivity index (χ3v) is 2.36. The van der Waals surface area contributed by atoms with Gasteiger partial charge in [0.1, 0.15) is 11.8 Å². The molecule has 0 aromatic heterocycles. The summed E-state index contributed by atoms with van der Waals surface area (Å²) >= 11 is 0. The lowest BCUT2D eigenvalue weighted by Gasteiger charge is -2.22. The first-order valence-corrected chi connectivity index (χ1v) is 5.69. The highest BCUT2D eigenvalue weighted by Gasteiger charge is 2.40. The number of nitrogens with one attached hydrogen (secondary N) is 1. The predicted molar refractivity (Wildman–Crippen MR) is 60.2 cm³/mol. The van der Waals surface area contributed by atoms with Crippen molar-refractivity contribution in [2.45, 2.75) is 32.2 Å². The highest BCUT2D eigenvalue weighted by molar-refractivity contribution is 5.30. The van der Waals surface area contributed by atoms with Gasteiger partial charge in [-0.1, -0.05) is 19.1 Å². The average molecular weight is 283 g/mol. The van der Waals surface area contributed by atoms with E-state index in [1.165, 1.54) is 0 Å². The third kappa shape index (κ3) is 5.02. The van der Waals surface area contributed by atoms with Crippen LogP contribution in [0.2, 0.25) is 0 Å². The summed E-state index contributed by atoms with van der Waals surface area (Å²) in [5.41, 5.74) is -0.0393. The molecule has 1 N–H and O–H groups in total. The van der Waals surface area contributed by atoms with Crippen LogP contribution in [0.1, 0.15) is 24.9 Å². The molecule has 0 aliphatic rings. The molecule has 0 aliphatic carbocycles. The number of ether oxygens (including phenoxy) is 1. The molecule has 1 unspecified atom stereocenters. The van der Waals surface area contributed by atoms with Gasteiger partial charge in [0.05, 0.1) is 0 Å². The normalized spacial score (nSPS) is 13.6. The quantitative estimate of drug-likeness (QED) is 0.800. The molecule has 1 aromatic rings. The summed E-state index contributed by atoms with van der Waals surface area (Å²) in [6.07, 6.45) is -3.89. The van der Waals surface area contributed by atoms with Crippen molar-refractivity contribution in [3.63, 3.8) is 0 Å². The standard InChI is InChI=1S/C12H14F5NO/c1-2-7-18-10(12(15,16)17)8-3-5-9(6-4-8)19-11(13)14/h3-6,10-11,18H,2,7H2,1H3. The second-order valence-corrected chi connectivity index (χ2v) is 3.88. The van der Waals surface area contributed by atoms with Crippen LogP contribution in [0.3, 0.4) is 0 Å². The predicted octanol–water partition coefficient (Wildman–Crippen LogP) is 3.89. The molecule has 19 heavy (non-hydrogen) atoms. The first-order valence-electron chi connectivity index (χ1n) is 5.69. The van der Waals surface area contributed by atoms with Crippen molar-refractivity contribution in [1.29, 1.82) is 0 Å². The second-order valence-electron chi connectivity index (χ2n) is 3.88. The fourth-order valence-electron chi connectivity index (χ4n) is 1.55. The first-order chi connectivity index (χ1) is 8.84. The van der Waals surface area contributed by atoms with E-state index in [9.17, 15) is 22.0 Å². The van der Waals surface area contributed by atoms with Crippen molar-refractivity contribution < 1.29 is 26.7 Å². The summed E-state index contributed by atoms with van der Waals surface area (Å²) in [6.45, 7) is -1.04. The van der Waals surface area contributed by atoms with Crippen LogP contribution in [-0.2, 0) is 0 Å². The van der Waals surface area contributed by atoms with Gasteiger partial charge in [-0.25, -0.2) is 0 Å². The lowest BCUT2D eigenvalue weighted by atomic mass is 10.1. The number of halogens is 5. The zero-order valence-electron chi connectivity index (χ0n) is 10.2. The zero-order valence-corrected chi connectivity index (χ0v) is 10.2. The molecule has 0 amide bonds. The zero-order chi connectivity index (χ0) is 14.5. The van der Waals surface area contributed by atoms with Crippen LogP contribution >= 0.6 is 0 Å². The van der Waals surface area contributed by atoms with Crippen LogP contribution in [0.25, 0.3) is 0 Å². The maximum Gasteiger partial charge on any atom is 0.407 e. The van der Waals surface area contributed by atoms with E-state index in [-0.39, 0.29) is 17.9 Å². The highest BCUT2D eigenvalue weighted by atomic mass is 19.4. The van der Waals surface area contributed by atoms with Crippen molar-refractivity contribution in [2.75, 3.05) is 6.54 Å². The van der Waals surface area contributed by atoms with E-state index >= 15 is 0 Å². The molecule has 0 saturated carbocycles. The second kappa shape index (κ2) is 6.70. The molecular weight excluding hydrogens is 269 g/mol. The van der Waals surface area contributed by atoms with E-state index in [4.69, 9.17) is 0 Å². The van der Waals surface area contributed by atoms with E-state index < -0.39 is 18.8 Å². The third-order valence-electron chi connectivity index (χ3n) is 2.36. The molecule has 0 saturated heterocycles. The molecule has 108 valence electrons. The molecular formula is C12H14F5NO. The molecule has 0 radical (unpaired) electrons. The molecule has 0 fully saturated rings. The van der Waals surface area contributed by atoms with Gasteiger partial charge in [-0.2, -0.15) is 22.0 Å². The Balaban J connectivity index is 2.85.